The van der Waals surface area contributed by atoms with Gasteiger partial charge in [-0.05, 0) is 63.4 Å². The van der Waals surface area contributed by atoms with Crippen molar-refractivity contribution in [1.29, 1.82) is 0 Å². The summed E-state index contributed by atoms with van der Waals surface area (Å²) in [5, 5.41) is 4.94. The van der Waals surface area contributed by atoms with E-state index in [1.807, 2.05) is 0 Å². The Hall–Kier alpha value is -5.14. The first-order valence-corrected chi connectivity index (χ1v) is 15.9. The summed E-state index contributed by atoms with van der Waals surface area (Å²) in [5.41, 5.74) is 8.47. The van der Waals surface area contributed by atoms with Crippen LogP contribution in [0.2, 0.25) is 0 Å². The quantitative estimate of drug-likeness (QED) is 0.169. The molecule has 0 saturated carbocycles. The molecular weight excluding hydrogens is 542 g/mol. The number of anilines is 3. The summed E-state index contributed by atoms with van der Waals surface area (Å²) in [6.07, 6.45) is 0. The van der Waals surface area contributed by atoms with E-state index in [4.69, 9.17) is 0 Å². The van der Waals surface area contributed by atoms with Crippen molar-refractivity contribution in [2.24, 2.45) is 0 Å². The molecule has 0 spiro atoms. The lowest BCUT2D eigenvalue weighted by molar-refractivity contribution is 0.641. The van der Waals surface area contributed by atoms with Gasteiger partial charge in [0, 0.05) is 33.0 Å². The van der Waals surface area contributed by atoms with E-state index < -0.39 is 0 Å². The van der Waals surface area contributed by atoms with E-state index in [2.05, 4.69) is 196 Å². The molecule has 0 amide bonds. The number of benzene rings is 7. The Kier molecular flexibility index (Phi) is 7.26. The molecular formula is C44H39N. The lowest BCUT2D eigenvalue weighted by Crippen LogP contribution is -2.19. The van der Waals surface area contributed by atoms with Gasteiger partial charge in [-0.15, -0.1) is 0 Å². The third kappa shape index (κ3) is 5.19. The van der Waals surface area contributed by atoms with Crippen LogP contribution < -0.4 is 4.90 Å². The van der Waals surface area contributed by atoms with Crippen molar-refractivity contribution in [1.82, 2.24) is 0 Å². The Balaban J connectivity index is 1.40. The zero-order valence-electron chi connectivity index (χ0n) is 26.5. The van der Waals surface area contributed by atoms with Crippen LogP contribution in [0.4, 0.5) is 17.1 Å². The van der Waals surface area contributed by atoms with Crippen LogP contribution >= 0.6 is 0 Å². The number of hydrogen-bond acceptors (Lipinski definition) is 1. The molecule has 0 bridgehead atoms. The fourth-order valence-electron chi connectivity index (χ4n) is 6.74. The minimum absolute atomic E-state index is 0.110. The van der Waals surface area contributed by atoms with E-state index in [0.29, 0.717) is 0 Å². The van der Waals surface area contributed by atoms with Gasteiger partial charge in [0.2, 0.25) is 0 Å². The van der Waals surface area contributed by atoms with Crippen LogP contribution in [0.5, 0.6) is 0 Å². The van der Waals surface area contributed by atoms with Crippen LogP contribution in [0, 0.1) is 0 Å². The highest BCUT2D eigenvalue weighted by Crippen LogP contribution is 2.45. The molecule has 220 valence electrons. The van der Waals surface area contributed by atoms with Crippen molar-refractivity contribution in [2.45, 2.75) is 38.5 Å². The second-order valence-corrected chi connectivity index (χ2v) is 13.1. The molecule has 0 aromatic heterocycles. The van der Waals surface area contributed by atoms with Crippen molar-refractivity contribution in [2.75, 3.05) is 4.90 Å². The molecule has 0 atom stereocenters. The highest BCUT2D eigenvalue weighted by atomic mass is 15.1. The van der Waals surface area contributed by atoms with Gasteiger partial charge in [-0.2, -0.15) is 0 Å². The molecule has 0 saturated heterocycles. The topological polar surface area (TPSA) is 3.24 Å². The average Bonchev–Trinajstić information content (AvgIpc) is 3.09. The highest BCUT2D eigenvalue weighted by molar-refractivity contribution is 6.14. The molecule has 0 unspecified atom stereocenters. The van der Waals surface area contributed by atoms with Gasteiger partial charge < -0.3 is 4.90 Å². The smallest absolute Gasteiger partial charge is 0.0618 e. The van der Waals surface area contributed by atoms with Crippen molar-refractivity contribution in [3.8, 4) is 0 Å². The van der Waals surface area contributed by atoms with Gasteiger partial charge in [0.25, 0.3) is 0 Å². The summed E-state index contributed by atoms with van der Waals surface area (Å²) in [6, 6.07) is 59.8. The van der Waals surface area contributed by atoms with Gasteiger partial charge in [-0.1, -0.05) is 161 Å². The van der Waals surface area contributed by atoms with E-state index >= 15 is 0 Å². The monoisotopic (exact) mass is 581 g/mol. The Labute approximate surface area is 267 Å². The van der Waals surface area contributed by atoms with Crippen LogP contribution in [0.3, 0.4) is 0 Å². The van der Waals surface area contributed by atoms with Crippen LogP contribution in [-0.2, 0) is 10.8 Å². The van der Waals surface area contributed by atoms with E-state index in [1.165, 1.54) is 49.5 Å². The Morgan fingerprint density at radius 3 is 1.09 bits per heavy atom. The third-order valence-electron chi connectivity index (χ3n) is 9.65. The maximum absolute atomic E-state index is 2.45. The van der Waals surface area contributed by atoms with E-state index in [9.17, 15) is 0 Å². The first kappa shape index (κ1) is 28.6. The number of hydrogen-bond donors (Lipinski definition) is 0. The lowest BCUT2D eigenvalue weighted by Gasteiger charge is -2.31. The van der Waals surface area contributed by atoms with E-state index in [-0.39, 0.29) is 10.8 Å². The van der Waals surface area contributed by atoms with Gasteiger partial charge in [0.05, 0.1) is 5.69 Å². The van der Waals surface area contributed by atoms with Crippen molar-refractivity contribution in [3.63, 3.8) is 0 Å². The SMILES string of the molecule is CC(C)(c1ccccc1)c1ccc(N(c2ccc(C(C)(C)c3ccccc3)cc2)c2c3ccccc3cc3ccccc23)cc1. The van der Waals surface area contributed by atoms with Crippen molar-refractivity contribution >= 4 is 38.6 Å². The normalized spacial score (nSPS) is 12.0. The summed E-state index contributed by atoms with van der Waals surface area (Å²) < 4.78 is 0. The molecule has 1 heteroatoms. The predicted molar refractivity (Wildman–Crippen MR) is 193 cm³/mol. The second kappa shape index (κ2) is 11.4. The van der Waals surface area contributed by atoms with Crippen molar-refractivity contribution in [3.05, 3.63) is 186 Å². The molecule has 45 heavy (non-hydrogen) atoms. The molecule has 0 fully saturated rings. The Bertz CT molecular complexity index is 1920. The third-order valence-corrected chi connectivity index (χ3v) is 9.65. The maximum atomic E-state index is 2.45. The molecule has 0 aliphatic heterocycles. The fraction of sp³-hybridized carbons (Fsp3) is 0.136. The second-order valence-electron chi connectivity index (χ2n) is 13.1. The number of fused-ring (bicyclic) bond motifs is 2. The molecule has 0 N–H and O–H groups in total. The highest BCUT2D eigenvalue weighted by Gasteiger charge is 2.26. The Morgan fingerprint density at radius 1 is 0.356 bits per heavy atom. The van der Waals surface area contributed by atoms with Gasteiger partial charge in [0.1, 0.15) is 0 Å². The molecule has 0 heterocycles. The molecule has 7 aromatic carbocycles. The summed E-state index contributed by atoms with van der Waals surface area (Å²) >= 11 is 0. The fourth-order valence-corrected chi connectivity index (χ4v) is 6.74. The molecule has 0 radical (unpaired) electrons. The van der Waals surface area contributed by atoms with Gasteiger partial charge >= 0.3 is 0 Å². The van der Waals surface area contributed by atoms with Gasteiger partial charge in [0.15, 0.2) is 0 Å². The first-order chi connectivity index (χ1) is 21.8. The van der Waals surface area contributed by atoms with Gasteiger partial charge in [-0.3, -0.25) is 0 Å². The molecule has 7 rings (SSSR count). The predicted octanol–water partition coefficient (Wildman–Crippen LogP) is 12.1. The zero-order valence-corrected chi connectivity index (χ0v) is 26.5. The summed E-state index contributed by atoms with van der Waals surface area (Å²) in [4.78, 5) is 2.45. The van der Waals surface area contributed by atoms with Gasteiger partial charge in [-0.25, -0.2) is 0 Å². The van der Waals surface area contributed by atoms with Crippen molar-refractivity contribution < 1.29 is 0 Å². The largest absolute Gasteiger partial charge is 0.309 e. The number of rotatable bonds is 7. The van der Waals surface area contributed by atoms with Crippen LogP contribution in [0.15, 0.2) is 164 Å². The van der Waals surface area contributed by atoms with Crippen LogP contribution in [0.1, 0.15) is 49.9 Å². The Morgan fingerprint density at radius 2 is 0.689 bits per heavy atom. The van der Waals surface area contributed by atoms with Crippen LogP contribution in [-0.4, -0.2) is 0 Å². The number of nitrogens with zero attached hydrogens (tertiary/aromatic N) is 1. The zero-order chi connectivity index (χ0) is 31.0. The molecule has 7 aromatic rings. The average molecular weight is 582 g/mol. The summed E-state index contributed by atoms with van der Waals surface area (Å²) in [7, 11) is 0. The molecule has 0 aliphatic carbocycles. The standard InChI is InChI=1S/C44H39N/c1-43(2,34-17-7-5-8-18-34)36-23-27-38(28-24-36)45(39-29-25-37(26-30-39)44(3,4)35-19-9-6-10-20-35)42-40-21-13-11-15-32(40)31-33-16-12-14-22-41(33)42/h5-31H,1-4H3. The summed E-state index contributed by atoms with van der Waals surface area (Å²) in [6.45, 7) is 9.22. The minimum atomic E-state index is -0.110. The molecule has 0 aliphatic rings. The maximum Gasteiger partial charge on any atom is 0.0618 e. The first-order valence-electron chi connectivity index (χ1n) is 15.9. The van der Waals surface area contributed by atoms with E-state index in [0.717, 1.165) is 11.4 Å². The molecule has 1 nitrogen and oxygen atoms in total. The lowest BCUT2D eigenvalue weighted by atomic mass is 9.78. The minimum Gasteiger partial charge on any atom is -0.309 e. The van der Waals surface area contributed by atoms with E-state index in [1.54, 1.807) is 0 Å². The van der Waals surface area contributed by atoms with Crippen LogP contribution in [0.25, 0.3) is 21.5 Å². The summed E-state index contributed by atoms with van der Waals surface area (Å²) in [5.74, 6) is 0.